The first-order chi connectivity index (χ1) is 17.4. The number of aryl methyl sites for hydroxylation is 2. The van der Waals surface area contributed by atoms with Crippen molar-refractivity contribution in [1.82, 2.24) is 9.47 Å². The first kappa shape index (κ1) is 23.6. The zero-order chi connectivity index (χ0) is 25.2. The largest absolute Gasteiger partial charge is 0.342 e. The van der Waals surface area contributed by atoms with Crippen LogP contribution in [0.15, 0.2) is 83.9 Å². The number of carbonyl (C=O) groups is 3. The molecule has 0 spiro atoms. The van der Waals surface area contributed by atoms with Crippen molar-refractivity contribution in [3.63, 3.8) is 0 Å². The van der Waals surface area contributed by atoms with Crippen molar-refractivity contribution in [2.24, 2.45) is 0 Å². The van der Waals surface area contributed by atoms with E-state index in [0.29, 0.717) is 17.1 Å². The van der Waals surface area contributed by atoms with Gasteiger partial charge in [0, 0.05) is 34.9 Å². The van der Waals surface area contributed by atoms with Crippen LogP contribution in [-0.2, 0) is 16.1 Å². The molecule has 1 aliphatic heterocycles. The van der Waals surface area contributed by atoms with Crippen molar-refractivity contribution in [3.8, 4) is 0 Å². The van der Waals surface area contributed by atoms with E-state index >= 15 is 0 Å². The number of nitrogens with one attached hydrogen (secondary N) is 1. The fourth-order valence-corrected chi connectivity index (χ4v) is 5.24. The van der Waals surface area contributed by atoms with Crippen molar-refractivity contribution in [1.29, 1.82) is 0 Å². The fraction of sp³-hybridized carbons (Fsp3) is 0.138. The van der Waals surface area contributed by atoms with E-state index in [4.69, 9.17) is 0 Å². The molecule has 6 nitrogen and oxygen atoms in total. The van der Waals surface area contributed by atoms with E-state index in [1.807, 2.05) is 80.7 Å². The average molecular weight is 496 g/mol. The van der Waals surface area contributed by atoms with E-state index in [2.05, 4.69) is 22.0 Å². The van der Waals surface area contributed by atoms with Crippen molar-refractivity contribution in [3.05, 3.63) is 106 Å². The molecule has 1 fully saturated rings. The summed E-state index contributed by atoms with van der Waals surface area (Å²) in [5.41, 5.74) is 5.61. The highest BCUT2D eigenvalue weighted by molar-refractivity contribution is 8.18. The lowest BCUT2D eigenvalue weighted by Crippen LogP contribution is -2.36. The Kier molecular flexibility index (Phi) is 6.48. The number of rotatable bonds is 6. The van der Waals surface area contributed by atoms with Crippen LogP contribution >= 0.6 is 11.8 Å². The summed E-state index contributed by atoms with van der Waals surface area (Å²) < 4.78 is 2.14. The lowest BCUT2D eigenvalue weighted by molar-refractivity contribution is -0.127. The van der Waals surface area contributed by atoms with Gasteiger partial charge in [0.2, 0.25) is 5.91 Å². The number of anilines is 1. The first-order valence-electron chi connectivity index (χ1n) is 11.6. The van der Waals surface area contributed by atoms with Gasteiger partial charge < -0.3 is 9.88 Å². The normalized spacial score (nSPS) is 14.7. The van der Waals surface area contributed by atoms with Gasteiger partial charge >= 0.3 is 0 Å². The summed E-state index contributed by atoms with van der Waals surface area (Å²) in [5, 5.41) is 3.39. The predicted molar refractivity (Wildman–Crippen MR) is 145 cm³/mol. The van der Waals surface area contributed by atoms with Crippen LogP contribution in [0.1, 0.15) is 22.3 Å². The highest BCUT2D eigenvalue weighted by atomic mass is 32.2. The van der Waals surface area contributed by atoms with Crippen molar-refractivity contribution in [2.75, 3.05) is 11.9 Å². The Morgan fingerprint density at radius 2 is 1.61 bits per heavy atom. The van der Waals surface area contributed by atoms with Gasteiger partial charge in [-0.1, -0.05) is 66.7 Å². The molecular weight excluding hydrogens is 470 g/mol. The molecule has 0 aliphatic carbocycles. The maximum atomic E-state index is 13.1. The van der Waals surface area contributed by atoms with Gasteiger partial charge in [-0.15, -0.1) is 0 Å². The van der Waals surface area contributed by atoms with Gasteiger partial charge in [-0.2, -0.15) is 0 Å². The minimum atomic E-state index is -0.457. The first-order valence-corrected chi connectivity index (χ1v) is 12.5. The maximum absolute atomic E-state index is 13.1. The second kappa shape index (κ2) is 9.87. The minimum absolute atomic E-state index is 0.308. The minimum Gasteiger partial charge on any atom is -0.342 e. The fourth-order valence-electron chi connectivity index (χ4n) is 4.41. The molecule has 4 aromatic rings. The summed E-state index contributed by atoms with van der Waals surface area (Å²) in [6, 6.07) is 23.9. The molecule has 36 heavy (non-hydrogen) atoms. The van der Waals surface area contributed by atoms with Gasteiger partial charge in [0.15, 0.2) is 0 Å². The third-order valence-corrected chi connectivity index (χ3v) is 7.13. The average Bonchev–Trinajstić information content (AvgIpc) is 3.34. The van der Waals surface area contributed by atoms with Gasteiger partial charge in [-0.05, 0) is 54.4 Å². The van der Waals surface area contributed by atoms with Crippen molar-refractivity contribution >= 4 is 51.5 Å². The molecule has 0 unspecified atom stereocenters. The molecular formula is C29H25N3O3S. The van der Waals surface area contributed by atoms with Crippen LogP contribution in [0, 0.1) is 13.8 Å². The number of amides is 3. The molecule has 2 heterocycles. The van der Waals surface area contributed by atoms with Crippen molar-refractivity contribution < 1.29 is 14.4 Å². The third-order valence-electron chi connectivity index (χ3n) is 6.22. The second-order valence-corrected chi connectivity index (χ2v) is 9.79. The lowest BCUT2D eigenvalue weighted by atomic mass is 10.1. The number of hydrogen-bond acceptors (Lipinski definition) is 4. The van der Waals surface area contributed by atoms with Gasteiger partial charge in [0.25, 0.3) is 11.1 Å². The van der Waals surface area contributed by atoms with E-state index in [1.54, 1.807) is 6.08 Å². The number of benzene rings is 3. The van der Waals surface area contributed by atoms with Gasteiger partial charge in [-0.25, -0.2) is 0 Å². The zero-order valence-electron chi connectivity index (χ0n) is 20.0. The third kappa shape index (κ3) is 4.70. The van der Waals surface area contributed by atoms with Crippen LogP contribution in [0.3, 0.4) is 0 Å². The van der Waals surface area contributed by atoms with Crippen LogP contribution in [-0.4, -0.2) is 33.1 Å². The molecule has 1 saturated heterocycles. The molecule has 0 atom stereocenters. The number of thioether (sulfide) groups is 1. The number of hydrogen-bond donors (Lipinski definition) is 1. The monoisotopic (exact) mass is 495 g/mol. The summed E-state index contributed by atoms with van der Waals surface area (Å²) in [7, 11) is 0. The van der Waals surface area contributed by atoms with Crippen LogP contribution in [0.5, 0.6) is 0 Å². The summed E-state index contributed by atoms with van der Waals surface area (Å²) in [5.74, 6) is -0.864. The summed E-state index contributed by atoms with van der Waals surface area (Å²) >= 11 is 0.862. The molecule has 3 aromatic carbocycles. The second-order valence-electron chi connectivity index (χ2n) is 8.80. The highest BCUT2D eigenvalue weighted by Crippen LogP contribution is 2.34. The van der Waals surface area contributed by atoms with E-state index in [-0.39, 0.29) is 6.54 Å². The van der Waals surface area contributed by atoms with Gasteiger partial charge in [0.05, 0.1) is 4.91 Å². The SMILES string of the molecule is Cc1cccc(C)c1NC(=O)CN1C(=O)S/C(=C\c2cn(Cc3ccccc3)c3ccccc23)C1=O. The molecule has 0 saturated carbocycles. The van der Waals surface area contributed by atoms with E-state index in [1.165, 1.54) is 5.56 Å². The van der Waals surface area contributed by atoms with Crippen LogP contribution in [0.4, 0.5) is 10.5 Å². The maximum Gasteiger partial charge on any atom is 0.294 e. The topological polar surface area (TPSA) is 71.4 Å². The molecule has 7 heteroatoms. The van der Waals surface area contributed by atoms with Gasteiger partial charge in [-0.3, -0.25) is 19.3 Å². The zero-order valence-corrected chi connectivity index (χ0v) is 20.8. The number of imide groups is 1. The quantitative estimate of drug-likeness (QED) is 0.334. The Balaban J connectivity index is 1.38. The Bertz CT molecular complexity index is 1500. The van der Waals surface area contributed by atoms with Crippen LogP contribution < -0.4 is 5.32 Å². The molecule has 180 valence electrons. The Morgan fingerprint density at radius 1 is 0.917 bits per heavy atom. The Labute approximate surface area is 213 Å². The summed E-state index contributed by atoms with van der Waals surface area (Å²) in [6.45, 7) is 4.17. The molecule has 5 rings (SSSR count). The molecule has 1 aromatic heterocycles. The molecule has 0 radical (unpaired) electrons. The van der Waals surface area contributed by atoms with Crippen LogP contribution in [0.25, 0.3) is 17.0 Å². The highest BCUT2D eigenvalue weighted by Gasteiger charge is 2.36. The molecule has 1 N–H and O–H groups in total. The van der Waals surface area contributed by atoms with Gasteiger partial charge in [0.1, 0.15) is 6.54 Å². The summed E-state index contributed by atoms with van der Waals surface area (Å²) in [6.07, 6.45) is 3.75. The number of aromatic nitrogens is 1. The number of fused-ring (bicyclic) bond motifs is 1. The van der Waals surface area contributed by atoms with E-state index in [0.717, 1.165) is 44.3 Å². The van der Waals surface area contributed by atoms with E-state index in [9.17, 15) is 14.4 Å². The van der Waals surface area contributed by atoms with Crippen molar-refractivity contribution in [2.45, 2.75) is 20.4 Å². The lowest BCUT2D eigenvalue weighted by Gasteiger charge is -2.15. The number of nitrogens with zero attached hydrogens (tertiary/aromatic N) is 2. The Hall–Kier alpha value is -4.10. The van der Waals surface area contributed by atoms with E-state index < -0.39 is 17.1 Å². The molecule has 0 bridgehead atoms. The number of carbonyl (C=O) groups excluding carboxylic acids is 3. The van der Waals surface area contributed by atoms with Crippen LogP contribution in [0.2, 0.25) is 0 Å². The standard InChI is InChI=1S/C29H25N3O3S/c1-19-9-8-10-20(2)27(19)30-26(33)18-32-28(34)25(36-29(32)35)15-22-17-31(16-21-11-4-3-5-12-21)24-14-7-6-13-23(22)24/h3-15,17H,16,18H2,1-2H3,(H,30,33)/b25-15-. The predicted octanol–water partition coefficient (Wildman–Crippen LogP) is 5.98. The Morgan fingerprint density at radius 3 is 2.36 bits per heavy atom. The molecule has 1 aliphatic rings. The number of para-hydroxylation sites is 2. The summed E-state index contributed by atoms with van der Waals surface area (Å²) in [4.78, 5) is 39.8. The molecule has 3 amide bonds. The smallest absolute Gasteiger partial charge is 0.294 e.